The summed E-state index contributed by atoms with van der Waals surface area (Å²) in [6.07, 6.45) is 6.08. The first kappa shape index (κ1) is 27.3. The summed E-state index contributed by atoms with van der Waals surface area (Å²) in [7, 11) is 1.45. The molecule has 0 bridgehead atoms. The van der Waals surface area contributed by atoms with Gasteiger partial charge in [0.2, 0.25) is 0 Å². The lowest BCUT2D eigenvalue weighted by molar-refractivity contribution is -0.122. The van der Waals surface area contributed by atoms with Gasteiger partial charge < -0.3 is 9.30 Å². The minimum absolute atomic E-state index is 0.0693. The van der Waals surface area contributed by atoms with Crippen molar-refractivity contribution in [2.45, 2.75) is 46.1 Å². The second-order valence-electron chi connectivity index (χ2n) is 10.3. The van der Waals surface area contributed by atoms with Gasteiger partial charge in [0.15, 0.2) is 5.17 Å². The van der Waals surface area contributed by atoms with E-state index in [2.05, 4.69) is 10.6 Å². The maximum atomic E-state index is 13.8. The van der Waals surface area contributed by atoms with Crippen molar-refractivity contribution in [3.05, 3.63) is 110 Å². The first-order chi connectivity index (χ1) is 19.9. The highest BCUT2D eigenvalue weighted by Gasteiger charge is 2.34. The van der Waals surface area contributed by atoms with Gasteiger partial charge >= 0.3 is 5.97 Å². The van der Waals surface area contributed by atoms with E-state index in [1.54, 1.807) is 16.2 Å². The molecule has 2 aliphatic rings. The lowest BCUT2D eigenvalue weighted by atomic mass is 9.95. The first-order valence-corrected chi connectivity index (χ1v) is 15.4. The number of methoxy groups -OCH3 is 1. The van der Waals surface area contributed by atoms with Crippen LogP contribution in [-0.2, 0) is 28.9 Å². The minimum Gasteiger partial charge on any atom is -0.465 e. The molecule has 1 fully saturated rings. The molecule has 3 heterocycles. The van der Waals surface area contributed by atoms with Crippen molar-refractivity contribution in [2.75, 3.05) is 7.11 Å². The van der Waals surface area contributed by atoms with E-state index in [0.29, 0.717) is 22.2 Å². The van der Waals surface area contributed by atoms with Crippen LogP contribution in [0.4, 0.5) is 5.69 Å². The summed E-state index contributed by atoms with van der Waals surface area (Å²) >= 11 is 3.08. The van der Waals surface area contributed by atoms with Crippen LogP contribution in [0.5, 0.6) is 0 Å². The fourth-order valence-corrected chi connectivity index (χ4v) is 8.00. The third-order valence-corrected chi connectivity index (χ3v) is 9.84. The number of para-hydroxylation sites is 1. The fourth-order valence-electron chi connectivity index (χ4n) is 5.52. The molecule has 4 aromatic rings. The van der Waals surface area contributed by atoms with Crippen molar-refractivity contribution in [3.8, 4) is 5.00 Å². The van der Waals surface area contributed by atoms with Gasteiger partial charge in [-0.25, -0.2) is 9.79 Å². The number of hydrogen-bond acceptors (Lipinski definition) is 6. The monoisotopic (exact) mass is 581 g/mol. The van der Waals surface area contributed by atoms with E-state index in [4.69, 9.17) is 9.73 Å². The number of amidine groups is 1. The van der Waals surface area contributed by atoms with Crippen LogP contribution in [0.2, 0.25) is 0 Å². The molecule has 41 heavy (non-hydrogen) atoms. The summed E-state index contributed by atoms with van der Waals surface area (Å²) in [4.78, 5) is 35.2. The van der Waals surface area contributed by atoms with E-state index in [0.717, 1.165) is 64.4 Å². The highest BCUT2D eigenvalue weighted by Crippen LogP contribution is 2.40. The summed E-state index contributed by atoms with van der Waals surface area (Å²) in [5, 5.41) is 1.56. The van der Waals surface area contributed by atoms with Crippen molar-refractivity contribution in [2.24, 2.45) is 4.99 Å². The smallest absolute Gasteiger partial charge is 0.341 e. The van der Waals surface area contributed by atoms with Crippen LogP contribution >= 0.6 is 23.1 Å². The first-order valence-electron chi connectivity index (χ1n) is 13.8. The maximum Gasteiger partial charge on any atom is 0.341 e. The van der Waals surface area contributed by atoms with Crippen LogP contribution in [0.1, 0.15) is 56.2 Å². The van der Waals surface area contributed by atoms with E-state index in [9.17, 15) is 9.59 Å². The summed E-state index contributed by atoms with van der Waals surface area (Å²) in [6, 6.07) is 21.8. The lowest BCUT2D eigenvalue weighted by Crippen LogP contribution is -2.28. The number of aromatic nitrogens is 1. The zero-order valence-electron chi connectivity index (χ0n) is 23.3. The molecule has 0 spiro atoms. The average Bonchev–Trinajstić information content (AvgIpc) is 3.60. The van der Waals surface area contributed by atoms with Crippen molar-refractivity contribution in [3.63, 3.8) is 0 Å². The number of rotatable bonds is 6. The number of hydrogen-bond donors (Lipinski definition) is 0. The van der Waals surface area contributed by atoms with Crippen LogP contribution in [-0.4, -0.2) is 33.6 Å². The topological polar surface area (TPSA) is 63.9 Å². The zero-order valence-corrected chi connectivity index (χ0v) is 25.0. The number of nitrogens with zero attached hydrogens (tertiary/aromatic N) is 3. The van der Waals surface area contributed by atoms with Gasteiger partial charge in [-0.2, -0.15) is 0 Å². The van der Waals surface area contributed by atoms with Crippen LogP contribution in [0.25, 0.3) is 11.1 Å². The number of esters is 1. The summed E-state index contributed by atoms with van der Waals surface area (Å²) < 4.78 is 7.37. The summed E-state index contributed by atoms with van der Waals surface area (Å²) in [5.74, 6) is -0.355. The van der Waals surface area contributed by atoms with Crippen molar-refractivity contribution in [1.29, 1.82) is 0 Å². The fraction of sp³-hybridized carbons (Fsp3) is 0.242. The van der Waals surface area contributed by atoms with Crippen molar-refractivity contribution >= 4 is 51.9 Å². The van der Waals surface area contributed by atoms with E-state index in [1.165, 1.54) is 23.7 Å². The normalized spacial score (nSPS) is 17.0. The third-order valence-electron chi connectivity index (χ3n) is 7.55. The Hall–Kier alpha value is -3.88. The number of carbonyl (C=O) groups excluding carboxylic acids is 2. The zero-order chi connectivity index (χ0) is 28.5. The predicted molar refractivity (Wildman–Crippen MR) is 167 cm³/mol. The lowest BCUT2D eigenvalue weighted by Gasteiger charge is -2.15. The van der Waals surface area contributed by atoms with Crippen LogP contribution in [0, 0.1) is 13.8 Å². The number of carbonyl (C=O) groups is 2. The quantitative estimate of drug-likeness (QED) is 0.174. The molecule has 1 saturated heterocycles. The predicted octanol–water partition coefficient (Wildman–Crippen LogP) is 7.63. The van der Waals surface area contributed by atoms with Crippen LogP contribution < -0.4 is 0 Å². The molecular weight excluding hydrogens is 551 g/mol. The molecule has 1 amide bonds. The van der Waals surface area contributed by atoms with E-state index in [1.807, 2.05) is 80.6 Å². The average molecular weight is 582 g/mol. The molecule has 2 aromatic heterocycles. The molecule has 8 heteroatoms. The molecule has 1 aliphatic carbocycles. The van der Waals surface area contributed by atoms with Crippen molar-refractivity contribution < 1.29 is 14.3 Å². The Labute approximate surface area is 248 Å². The van der Waals surface area contributed by atoms with E-state index in [-0.39, 0.29) is 11.9 Å². The number of aliphatic imine (C=N–C) groups is 1. The molecule has 0 unspecified atom stereocenters. The number of aryl methyl sites for hydroxylation is 2. The van der Waals surface area contributed by atoms with Gasteiger partial charge in [0.05, 0.1) is 29.8 Å². The third kappa shape index (κ3) is 5.29. The number of thiophene rings is 1. The summed E-state index contributed by atoms with van der Waals surface area (Å²) in [6.45, 7) is 4.53. The van der Waals surface area contributed by atoms with Gasteiger partial charge in [0, 0.05) is 16.3 Å². The Bertz CT molecular complexity index is 1680. The van der Waals surface area contributed by atoms with Crippen molar-refractivity contribution in [1.82, 2.24) is 9.47 Å². The van der Waals surface area contributed by atoms with Gasteiger partial charge in [-0.05, 0) is 92.3 Å². The second-order valence-corrected chi connectivity index (χ2v) is 12.4. The number of amides is 1. The summed E-state index contributed by atoms with van der Waals surface area (Å²) in [5.41, 5.74) is 6.60. The highest BCUT2D eigenvalue weighted by molar-refractivity contribution is 8.18. The maximum absolute atomic E-state index is 13.8. The molecule has 6 nitrogen and oxygen atoms in total. The highest BCUT2D eigenvalue weighted by atomic mass is 32.2. The van der Waals surface area contributed by atoms with E-state index >= 15 is 0 Å². The standard InChI is InChI=1S/C33H31N3O3S2/c1-21-18-24(22(2)36(21)31-29(32(38)39-3)26-16-10-11-17-27(26)40-31)19-28-30(37)35(20-23-12-6-4-7-13-23)33(41-28)34-25-14-8-5-9-15-25/h4-9,12-15,18-19H,10-11,16-17,20H2,1-3H3/b28-19-,34-33?. The molecule has 0 radical (unpaired) electrons. The Balaban J connectivity index is 1.40. The van der Waals surface area contributed by atoms with Crippen LogP contribution in [0.3, 0.4) is 0 Å². The Morgan fingerprint density at radius 1 is 1.02 bits per heavy atom. The second kappa shape index (κ2) is 11.5. The van der Waals surface area contributed by atoms with Crippen LogP contribution in [0.15, 0.2) is 76.6 Å². The molecule has 0 N–H and O–H groups in total. The molecule has 0 atom stereocenters. The Morgan fingerprint density at radius 2 is 1.73 bits per heavy atom. The SMILES string of the molecule is COC(=O)c1c(-n2c(C)cc(/C=C3\SC(=Nc4ccccc4)N(Cc4ccccc4)C3=O)c2C)sc2c1CCCC2. The molecule has 208 valence electrons. The molecular formula is C33H31N3O3S2. The molecule has 0 saturated carbocycles. The van der Waals surface area contributed by atoms with Gasteiger partial charge in [0.1, 0.15) is 5.00 Å². The number of thioether (sulfide) groups is 1. The minimum atomic E-state index is -0.286. The van der Waals surface area contributed by atoms with Gasteiger partial charge in [-0.1, -0.05) is 48.5 Å². The number of fused-ring (bicyclic) bond motifs is 1. The van der Waals surface area contributed by atoms with E-state index < -0.39 is 0 Å². The van der Waals surface area contributed by atoms with Gasteiger partial charge in [-0.3, -0.25) is 9.69 Å². The Kier molecular flexibility index (Phi) is 7.69. The molecule has 1 aliphatic heterocycles. The Morgan fingerprint density at radius 3 is 2.46 bits per heavy atom. The molecule has 6 rings (SSSR count). The van der Waals surface area contributed by atoms with Gasteiger partial charge in [-0.15, -0.1) is 11.3 Å². The largest absolute Gasteiger partial charge is 0.465 e. The number of benzene rings is 2. The number of ether oxygens (including phenoxy) is 1. The van der Waals surface area contributed by atoms with Gasteiger partial charge in [0.25, 0.3) is 5.91 Å². The molecule has 2 aromatic carbocycles.